The van der Waals surface area contributed by atoms with Crippen molar-refractivity contribution in [2.75, 3.05) is 39.3 Å². The molecule has 0 atom stereocenters. The van der Waals surface area contributed by atoms with Crippen LogP contribution in [0.4, 0.5) is 5.69 Å². The van der Waals surface area contributed by atoms with Crippen molar-refractivity contribution in [1.29, 1.82) is 0 Å². The van der Waals surface area contributed by atoms with Gasteiger partial charge in [0.1, 0.15) is 0 Å². The summed E-state index contributed by atoms with van der Waals surface area (Å²) >= 11 is 5.75. The monoisotopic (exact) mass is 348 g/mol. The average Bonchev–Trinajstić information content (AvgIpc) is 2.47. The lowest BCUT2D eigenvalue weighted by atomic mass is 10.3. The summed E-state index contributed by atoms with van der Waals surface area (Å²) in [6, 6.07) is 3.47. The molecule has 0 amide bonds. The number of rotatable bonds is 6. The second-order valence-electron chi connectivity index (χ2n) is 4.86. The van der Waals surface area contributed by atoms with Crippen molar-refractivity contribution in [3.8, 4) is 0 Å². The van der Waals surface area contributed by atoms with Crippen molar-refractivity contribution < 1.29 is 13.3 Å². The molecule has 1 aliphatic rings. The van der Waals surface area contributed by atoms with Crippen LogP contribution in [0, 0.1) is 10.1 Å². The van der Waals surface area contributed by atoms with Crippen LogP contribution >= 0.6 is 11.6 Å². The lowest BCUT2D eigenvalue weighted by Crippen LogP contribution is -2.46. The van der Waals surface area contributed by atoms with Crippen LogP contribution in [0.1, 0.15) is 0 Å². The molecule has 1 fully saturated rings. The second-order valence-corrected chi connectivity index (χ2v) is 7.03. The zero-order valence-corrected chi connectivity index (χ0v) is 13.4. The third-order valence-corrected chi connectivity index (χ3v) is 5.06. The van der Waals surface area contributed by atoms with Gasteiger partial charge in [-0.3, -0.25) is 15.0 Å². The van der Waals surface area contributed by atoms with Gasteiger partial charge in [-0.05, 0) is 12.1 Å². The maximum absolute atomic E-state index is 12.2. The predicted octanol–water partition coefficient (Wildman–Crippen LogP) is 0.432. The molecule has 10 heteroatoms. The van der Waals surface area contributed by atoms with E-state index in [-0.39, 0.29) is 11.6 Å². The number of nitrogens with one attached hydrogen (secondary N) is 2. The first kappa shape index (κ1) is 17.1. The minimum Gasteiger partial charge on any atom is -0.314 e. The molecule has 1 aromatic carbocycles. The minimum absolute atomic E-state index is 0.132. The highest BCUT2D eigenvalue weighted by Crippen LogP contribution is 2.26. The fourth-order valence-electron chi connectivity index (χ4n) is 2.20. The summed E-state index contributed by atoms with van der Waals surface area (Å²) in [5.41, 5.74) is -0.487. The second kappa shape index (κ2) is 7.34. The van der Waals surface area contributed by atoms with E-state index in [2.05, 4.69) is 14.9 Å². The molecule has 2 N–H and O–H groups in total. The molecule has 1 saturated heterocycles. The van der Waals surface area contributed by atoms with Crippen LogP contribution in [0.2, 0.25) is 5.02 Å². The molecule has 0 aromatic heterocycles. The third-order valence-electron chi connectivity index (χ3n) is 3.34. The molecular formula is C12H17ClN4O4S. The number of benzene rings is 1. The molecule has 0 saturated carbocycles. The molecule has 1 heterocycles. The van der Waals surface area contributed by atoms with E-state index in [4.69, 9.17) is 11.6 Å². The molecule has 0 bridgehead atoms. The van der Waals surface area contributed by atoms with E-state index in [0.717, 1.165) is 38.3 Å². The number of nitro benzene ring substituents is 1. The van der Waals surface area contributed by atoms with E-state index >= 15 is 0 Å². The van der Waals surface area contributed by atoms with Crippen LogP contribution < -0.4 is 10.0 Å². The molecule has 1 aliphatic heterocycles. The van der Waals surface area contributed by atoms with E-state index in [9.17, 15) is 18.5 Å². The lowest BCUT2D eigenvalue weighted by Gasteiger charge is -2.27. The first-order valence-corrected chi connectivity index (χ1v) is 8.63. The van der Waals surface area contributed by atoms with Gasteiger partial charge >= 0.3 is 0 Å². The average molecular weight is 349 g/mol. The van der Waals surface area contributed by atoms with Gasteiger partial charge in [-0.15, -0.1) is 0 Å². The van der Waals surface area contributed by atoms with E-state index in [1.807, 2.05) is 0 Å². The van der Waals surface area contributed by atoms with Gasteiger partial charge in [0.2, 0.25) is 10.0 Å². The third kappa shape index (κ3) is 4.37. The number of nitro groups is 1. The SMILES string of the molecule is O=[N+]([O-])c1ccc(Cl)cc1S(=O)(=O)NCCN1CCNCC1. The van der Waals surface area contributed by atoms with E-state index < -0.39 is 25.5 Å². The highest BCUT2D eigenvalue weighted by molar-refractivity contribution is 7.89. The summed E-state index contributed by atoms with van der Waals surface area (Å²) in [6.07, 6.45) is 0. The first-order chi connectivity index (χ1) is 10.4. The Labute approximate surface area is 133 Å². The Bertz CT molecular complexity index is 647. The van der Waals surface area contributed by atoms with Crippen LogP contribution in [0.15, 0.2) is 23.1 Å². The van der Waals surface area contributed by atoms with Gasteiger partial charge in [0.25, 0.3) is 5.69 Å². The van der Waals surface area contributed by atoms with Gasteiger partial charge in [0, 0.05) is 50.4 Å². The number of nitrogens with zero attached hydrogens (tertiary/aromatic N) is 2. The summed E-state index contributed by atoms with van der Waals surface area (Å²) in [7, 11) is -3.98. The van der Waals surface area contributed by atoms with E-state index in [0.29, 0.717) is 6.54 Å². The van der Waals surface area contributed by atoms with Crippen molar-refractivity contribution in [2.45, 2.75) is 4.90 Å². The summed E-state index contributed by atoms with van der Waals surface area (Å²) in [5.74, 6) is 0. The molecule has 1 aromatic rings. The van der Waals surface area contributed by atoms with Crippen molar-refractivity contribution >= 4 is 27.3 Å². The van der Waals surface area contributed by atoms with Gasteiger partial charge < -0.3 is 5.32 Å². The van der Waals surface area contributed by atoms with Gasteiger partial charge in [-0.1, -0.05) is 11.6 Å². The van der Waals surface area contributed by atoms with Crippen LogP contribution in [-0.2, 0) is 10.0 Å². The summed E-state index contributed by atoms with van der Waals surface area (Å²) in [4.78, 5) is 11.9. The number of hydrogen-bond acceptors (Lipinski definition) is 6. The molecule has 8 nitrogen and oxygen atoms in total. The summed E-state index contributed by atoms with van der Waals surface area (Å²) in [5, 5.41) is 14.3. The fourth-order valence-corrected chi connectivity index (χ4v) is 3.66. The number of piperazine rings is 1. The van der Waals surface area contributed by atoms with Crippen LogP contribution in [0.25, 0.3) is 0 Å². The zero-order valence-electron chi connectivity index (χ0n) is 11.8. The highest BCUT2D eigenvalue weighted by atomic mass is 35.5. The molecular weight excluding hydrogens is 332 g/mol. The Morgan fingerprint density at radius 2 is 2.05 bits per heavy atom. The van der Waals surface area contributed by atoms with Crippen LogP contribution in [0.5, 0.6) is 0 Å². The molecule has 0 unspecified atom stereocenters. The van der Waals surface area contributed by atoms with Crippen molar-refractivity contribution in [3.05, 3.63) is 33.3 Å². The van der Waals surface area contributed by atoms with Gasteiger partial charge in [0.15, 0.2) is 4.90 Å². The van der Waals surface area contributed by atoms with Crippen molar-refractivity contribution in [1.82, 2.24) is 14.9 Å². The quantitative estimate of drug-likeness (QED) is 0.570. The standard InChI is InChI=1S/C12H17ClN4O4S/c13-10-1-2-11(17(18)19)12(9-10)22(20,21)15-5-8-16-6-3-14-4-7-16/h1-2,9,14-15H,3-8H2. The Morgan fingerprint density at radius 1 is 1.36 bits per heavy atom. The van der Waals surface area contributed by atoms with Crippen molar-refractivity contribution in [3.63, 3.8) is 0 Å². The van der Waals surface area contributed by atoms with Gasteiger partial charge in [-0.2, -0.15) is 0 Å². The maximum Gasteiger partial charge on any atom is 0.289 e. The summed E-state index contributed by atoms with van der Waals surface area (Å²) < 4.78 is 26.9. The van der Waals surface area contributed by atoms with E-state index in [1.54, 1.807) is 0 Å². The van der Waals surface area contributed by atoms with Crippen LogP contribution in [0.3, 0.4) is 0 Å². The maximum atomic E-state index is 12.2. The van der Waals surface area contributed by atoms with Gasteiger partial charge in [-0.25, -0.2) is 13.1 Å². The number of hydrogen-bond donors (Lipinski definition) is 2. The molecule has 0 aliphatic carbocycles. The first-order valence-electron chi connectivity index (χ1n) is 6.77. The fraction of sp³-hybridized carbons (Fsp3) is 0.500. The topological polar surface area (TPSA) is 105 Å². The largest absolute Gasteiger partial charge is 0.314 e. The molecule has 0 spiro atoms. The molecule has 22 heavy (non-hydrogen) atoms. The van der Waals surface area contributed by atoms with Gasteiger partial charge in [0.05, 0.1) is 4.92 Å². The zero-order chi connectivity index (χ0) is 16.2. The number of halogens is 1. The van der Waals surface area contributed by atoms with Crippen molar-refractivity contribution in [2.24, 2.45) is 0 Å². The lowest BCUT2D eigenvalue weighted by molar-refractivity contribution is -0.387. The predicted molar refractivity (Wildman–Crippen MR) is 82.6 cm³/mol. The Hall–Kier alpha value is -1.26. The summed E-state index contributed by atoms with van der Waals surface area (Å²) in [6.45, 7) is 4.17. The Kier molecular flexibility index (Phi) is 5.70. The minimum atomic E-state index is -3.98. The highest BCUT2D eigenvalue weighted by Gasteiger charge is 2.26. The normalized spacial score (nSPS) is 16.6. The smallest absolute Gasteiger partial charge is 0.289 e. The molecule has 2 rings (SSSR count). The van der Waals surface area contributed by atoms with E-state index in [1.165, 1.54) is 6.07 Å². The Balaban J connectivity index is 2.06. The molecule has 122 valence electrons. The number of sulfonamides is 1. The molecule has 0 radical (unpaired) electrons. The van der Waals surface area contributed by atoms with Crippen LogP contribution in [-0.4, -0.2) is 57.5 Å². The Morgan fingerprint density at radius 3 is 2.68 bits per heavy atom.